The van der Waals surface area contributed by atoms with Crippen LogP contribution in [-0.4, -0.2) is 12.7 Å². The molecule has 1 aliphatic heterocycles. The third-order valence-corrected chi connectivity index (χ3v) is 2.36. The van der Waals surface area contributed by atoms with Crippen molar-refractivity contribution >= 4 is 0 Å². The summed E-state index contributed by atoms with van der Waals surface area (Å²) in [5.74, 6) is 1.66. The molecule has 0 aromatic carbocycles. The van der Waals surface area contributed by atoms with Crippen LogP contribution >= 0.6 is 0 Å². The molecule has 1 saturated heterocycles. The molecule has 0 radical (unpaired) electrons. The molecule has 1 rings (SSSR count). The predicted molar refractivity (Wildman–Crippen MR) is 47.6 cm³/mol. The van der Waals surface area contributed by atoms with Crippen molar-refractivity contribution in [3.05, 3.63) is 0 Å². The van der Waals surface area contributed by atoms with Crippen LogP contribution in [-0.2, 0) is 4.74 Å². The van der Waals surface area contributed by atoms with Gasteiger partial charge in [-0.05, 0) is 31.1 Å². The van der Waals surface area contributed by atoms with Crippen molar-refractivity contribution in [1.29, 1.82) is 0 Å². The molecular weight excluding hydrogens is 136 g/mol. The fraction of sp³-hybridized carbons (Fsp3) is 1.00. The molecular formula is C10H20O. The average molecular weight is 156 g/mol. The van der Waals surface area contributed by atoms with Gasteiger partial charge in [-0.3, -0.25) is 0 Å². The summed E-state index contributed by atoms with van der Waals surface area (Å²) in [6.07, 6.45) is 4.33. The maximum atomic E-state index is 5.66. The van der Waals surface area contributed by atoms with Gasteiger partial charge in [0.15, 0.2) is 0 Å². The van der Waals surface area contributed by atoms with Crippen LogP contribution in [0.25, 0.3) is 0 Å². The fourth-order valence-corrected chi connectivity index (χ4v) is 1.76. The Bertz CT molecular complexity index is 107. The molecule has 0 spiro atoms. The molecule has 0 N–H and O–H groups in total. The highest BCUT2D eigenvalue weighted by Gasteiger charge is 2.19. The highest BCUT2D eigenvalue weighted by atomic mass is 16.5. The van der Waals surface area contributed by atoms with Crippen LogP contribution in [0.3, 0.4) is 0 Å². The van der Waals surface area contributed by atoms with Crippen LogP contribution in [0.2, 0.25) is 0 Å². The van der Waals surface area contributed by atoms with E-state index in [1.807, 2.05) is 0 Å². The Labute approximate surface area is 70.1 Å². The Morgan fingerprint density at radius 1 is 1.45 bits per heavy atom. The summed E-state index contributed by atoms with van der Waals surface area (Å²) >= 11 is 0. The molecule has 1 fully saturated rings. The molecule has 66 valence electrons. The van der Waals surface area contributed by atoms with Crippen molar-refractivity contribution in [3.63, 3.8) is 0 Å². The molecule has 1 nitrogen and oxygen atoms in total. The normalized spacial score (nSPS) is 32.7. The number of rotatable bonds is 2. The van der Waals surface area contributed by atoms with E-state index in [0.717, 1.165) is 18.4 Å². The van der Waals surface area contributed by atoms with E-state index < -0.39 is 0 Å². The van der Waals surface area contributed by atoms with Gasteiger partial charge in [0.25, 0.3) is 0 Å². The van der Waals surface area contributed by atoms with Crippen LogP contribution in [0.4, 0.5) is 0 Å². The molecule has 0 bridgehead atoms. The van der Waals surface area contributed by atoms with Crippen LogP contribution in [0.5, 0.6) is 0 Å². The molecule has 0 unspecified atom stereocenters. The van der Waals surface area contributed by atoms with E-state index in [-0.39, 0.29) is 0 Å². The Hall–Kier alpha value is -0.0400. The lowest BCUT2D eigenvalue weighted by atomic mass is 9.93. The minimum absolute atomic E-state index is 0.554. The minimum atomic E-state index is 0.554. The summed E-state index contributed by atoms with van der Waals surface area (Å²) in [7, 11) is 0. The first-order valence-electron chi connectivity index (χ1n) is 4.80. The lowest BCUT2D eigenvalue weighted by Gasteiger charge is -2.28. The van der Waals surface area contributed by atoms with E-state index in [1.165, 1.54) is 19.3 Å². The van der Waals surface area contributed by atoms with Gasteiger partial charge < -0.3 is 4.74 Å². The van der Waals surface area contributed by atoms with Crippen molar-refractivity contribution in [1.82, 2.24) is 0 Å². The van der Waals surface area contributed by atoms with Gasteiger partial charge in [-0.2, -0.15) is 0 Å². The lowest BCUT2D eigenvalue weighted by Crippen LogP contribution is -2.25. The molecule has 1 heterocycles. The minimum Gasteiger partial charge on any atom is -0.378 e. The topological polar surface area (TPSA) is 9.23 Å². The van der Waals surface area contributed by atoms with Gasteiger partial charge in [-0.15, -0.1) is 0 Å². The second-order valence-electron chi connectivity index (χ2n) is 4.25. The quantitative estimate of drug-likeness (QED) is 0.597. The molecule has 1 heteroatoms. The van der Waals surface area contributed by atoms with Crippen molar-refractivity contribution < 1.29 is 4.74 Å². The van der Waals surface area contributed by atoms with Crippen molar-refractivity contribution in [2.24, 2.45) is 11.8 Å². The Morgan fingerprint density at radius 2 is 2.18 bits per heavy atom. The maximum Gasteiger partial charge on any atom is 0.0580 e. The molecule has 0 amide bonds. The van der Waals surface area contributed by atoms with E-state index in [9.17, 15) is 0 Å². The summed E-state index contributed by atoms with van der Waals surface area (Å²) in [4.78, 5) is 0. The highest BCUT2D eigenvalue weighted by Crippen LogP contribution is 2.23. The van der Waals surface area contributed by atoms with Gasteiger partial charge in [0.05, 0.1) is 6.10 Å². The Balaban J connectivity index is 2.23. The molecule has 0 aromatic heterocycles. The first kappa shape index (κ1) is 9.05. The standard InChI is InChI=1S/C10H20O/c1-8(2)6-10-7-9(3)4-5-11-10/h8-10H,4-7H2,1-3H3/t9-,10+/m0/s1. The number of hydrogen-bond acceptors (Lipinski definition) is 1. The SMILES string of the molecule is CC(C)C[C@@H]1C[C@@H](C)CCO1. The van der Waals surface area contributed by atoms with Gasteiger partial charge in [0.2, 0.25) is 0 Å². The van der Waals surface area contributed by atoms with Gasteiger partial charge in [0, 0.05) is 6.61 Å². The molecule has 1 aliphatic rings. The molecule has 0 aliphatic carbocycles. The first-order valence-corrected chi connectivity index (χ1v) is 4.80. The largest absolute Gasteiger partial charge is 0.378 e. The van der Waals surface area contributed by atoms with Gasteiger partial charge in [-0.1, -0.05) is 20.8 Å². The maximum absolute atomic E-state index is 5.66. The Kier molecular flexibility index (Phi) is 3.38. The third-order valence-electron chi connectivity index (χ3n) is 2.36. The predicted octanol–water partition coefficient (Wildman–Crippen LogP) is 2.85. The Morgan fingerprint density at radius 3 is 2.73 bits per heavy atom. The summed E-state index contributed by atoms with van der Waals surface area (Å²) in [5.41, 5.74) is 0. The van der Waals surface area contributed by atoms with Gasteiger partial charge >= 0.3 is 0 Å². The molecule has 0 saturated carbocycles. The first-order chi connectivity index (χ1) is 5.18. The van der Waals surface area contributed by atoms with Crippen LogP contribution < -0.4 is 0 Å². The van der Waals surface area contributed by atoms with Crippen molar-refractivity contribution in [3.8, 4) is 0 Å². The van der Waals surface area contributed by atoms with E-state index in [1.54, 1.807) is 0 Å². The monoisotopic (exact) mass is 156 g/mol. The second-order valence-corrected chi connectivity index (χ2v) is 4.25. The fourth-order valence-electron chi connectivity index (χ4n) is 1.76. The van der Waals surface area contributed by atoms with E-state index >= 15 is 0 Å². The highest BCUT2D eigenvalue weighted by molar-refractivity contribution is 4.69. The van der Waals surface area contributed by atoms with E-state index in [2.05, 4.69) is 20.8 Å². The van der Waals surface area contributed by atoms with Crippen molar-refractivity contribution in [2.75, 3.05) is 6.61 Å². The zero-order chi connectivity index (χ0) is 8.27. The smallest absolute Gasteiger partial charge is 0.0580 e. The molecule has 11 heavy (non-hydrogen) atoms. The van der Waals surface area contributed by atoms with Crippen LogP contribution in [0.1, 0.15) is 40.0 Å². The van der Waals surface area contributed by atoms with Gasteiger partial charge in [0.1, 0.15) is 0 Å². The number of ether oxygens (including phenoxy) is 1. The van der Waals surface area contributed by atoms with E-state index in [4.69, 9.17) is 4.74 Å². The van der Waals surface area contributed by atoms with Gasteiger partial charge in [-0.25, -0.2) is 0 Å². The second kappa shape index (κ2) is 4.10. The number of hydrogen-bond donors (Lipinski definition) is 0. The summed E-state index contributed by atoms with van der Waals surface area (Å²) in [6.45, 7) is 7.85. The average Bonchev–Trinajstić information content (AvgIpc) is 1.85. The zero-order valence-corrected chi connectivity index (χ0v) is 7.97. The summed E-state index contributed by atoms with van der Waals surface area (Å²) in [5, 5.41) is 0. The lowest BCUT2D eigenvalue weighted by molar-refractivity contribution is -0.0155. The summed E-state index contributed by atoms with van der Waals surface area (Å²) in [6, 6.07) is 0. The molecule has 2 atom stereocenters. The summed E-state index contributed by atoms with van der Waals surface area (Å²) < 4.78 is 5.66. The zero-order valence-electron chi connectivity index (χ0n) is 7.97. The molecule has 0 aromatic rings. The third kappa shape index (κ3) is 3.24. The van der Waals surface area contributed by atoms with Crippen molar-refractivity contribution in [2.45, 2.75) is 46.1 Å². The van der Waals surface area contributed by atoms with Crippen LogP contribution in [0.15, 0.2) is 0 Å². The van der Waals surface area contributed by atoms with Crippen LogP contribution in [0, 0.1) is 11.8 Å². The van der Waals surface area contributed by atoms with E-state index in [0.29, 0.717) is 6.10 Å².